The van der Waals surface area contributed by atoms with E-state index in [1.165, 1.54) is 70.6 Å². The lowest BCUT2D eigenvalue weighted by Gasteiger charge is -2.40. The SMILES string of the molecule is CC/C=C\C/C=C\C/C=C\C/C=C\C/C=C\CCCCCC(=O)OCC(COC1OC(C(=O)O)C(O)C(O)C1OC(=O)CCCCCCC/C=C\C/C=C\CCCCC)OC(=O)CCCCCCCCCCC/C=C\C/C=C\CCCCC. The normalized spacial score (nSPS) is 18.3. The van der Waals surface area contributed by atoms with Crippen molar-refractivity contribution in [3.63, 3.8) is 0 Å². The van der Waals surface area contributed by atoms with E-state index in [0.29, 0.717) is 19.3 Å². The molecule has 1 heterocycles. The number of allylic oxidation sites excluding steroid dienone is 18. The third kappa shape index (κ3) is 47.3. The predicted octanol–water partition coefficient (Wildman–Crippen LogP) is 17.8. The van der Waals surface area contributed by atoms with Gasteiger partial charge in [-0.3, -0.25) is 14.4 Å². The lowest BCUT2D eigenvalue weighted by atomic mass is 9.98. The van der Waals surface area contributed by atoms with Crippen molar-refractivity contribution < 1.29 is 58.2 Å². The van der Waals surface area contributed by atoms with E-state index in [-0.39, 0.29) is 25.9 Å². The van der Waals surface area contributed by atoms with Gasteiger partial charge in [-0.05, 0) is 128 Å². The van der Waals surface area contributed by atoms with Crippen molar-refractivity contribution in [2.45, 2.75) is 302 Å². The van der Waals surface area contributed by atoms with Gasteiger partial charge in [0.25, 0.3) is 0 Å². The van der Waals surface area contributed by atoms with Gasteiger partial charge in [0.15, 0.2) is 24.6 Å². The van der Waals surface area contributed by atoms with Gasteiger partial charge in [-0.2, -0.15) is 0 Å². The second-order valence-electron chi connectivity index (χ2n) is 22.0. The molecule has 12 nitrogen and oxygen atoms in total. The fourth-order valence-electron chi connectivity index (χ4n) is 9.28. The zero-order valence-corrected chi connectivity index (χ0v) is 52.2. The molecule has 472 valence electrons. The van der Waals surface area contributed by atoms with E-state index in [1.54, 1.807) is 0 Å². The van der Waals surface area contributed by atoms with Crippen molar-refractivity contribution in [1.29, 1.82) is 0 Å². The van der Waals surface area contributed by atoms with Gasteiger partial charge < -0.3 is 39.0 Å². The molecule has 83 heavy (non-hydrogen) atoms. The summed E-state index contributed by atoms with van der Waals surface area (Å²) in [5.74, 6) is -3.19. The van der Waals surface area contributed by atoms with Crippen molar-refractivity contribution in [3.8, 4) is 0 Å². The number of carbonyl (C=O) groups excluding carboxylic acids is 3. The average molecular weight is 1160 g/mol. The van der Waals surface area contributed by atoms with E-state index in [0.717, 1.165) is 135 Å². The Bertz CT molecular complexity index is 1860. The van der Waals surface area contributed by atoms with E-state index in [9.17, 15) is 34.5 Å². The molecule has 0 aromatic rings. The van der Waals surface area contributed by atoms with Gasteiger partial charge in [-0.25, -0.2) is 4.79 Å². The molecule has 0 saturated carbocycles. The van der Waals surface area contributed by atoms with Crippen LogP contribution < -0.4 is 0 Å². The highest BCUT2D eigenvalue weighted by atomic mass is 16.7. The summed E-state index contributed by atoms with van der Waals surface area (Å²) in [5.41, 5.74) is 0. The number of ether oxygens (including phenoxy) is 5. The van der Waals surface area contributed by atoms with Gasteiger partial charge >= 0.3 is 23.9 Å². The zero-order valence-electron chi connectivity index (χ0n) is 52.2. The molecule has 1 rings (SSSR count). The van der Waals surface area contributed by atoms with Crippen LogP contribution in [0.15, 0.2) is 109 Å². The standard InChI is InChI=1S/C71H116O12/c1-4-7-10-13-16-19-22-25-28-30-32-34-37-39-42-45-48-51-54-57-63(72)79-60-62(81-64(73)58-55-52-49-46-43-41-38-35-33-31-29-26-23-20-17-14-11-8-5-2)61-80-71-69(67(76)66(75)68(83-71)70(77)78)82-65(74)59-56-53-50-47-44-40-36-27-24-21-18-15-12-9-6-3/h7,10,16-21,25-29,32,34,36,39,42,62,66-69,71,75-76H,4-6,8-9,11-15,22-24,30-31,33,35,37-38,40-41,43-61H2,1-3H3,(H,77,78)/b10-7-,19-16-,20-17-,21-18-,28-25-,29-26-,34-32-,36-27-,42-39-. The Labute approximate surface area is 504 Å². The first-order valence-corrected chi connectivity index (χ1v) is 32.9. The van der Waals surface area contributed by atoms with Crippen molar-refractivity contribution in [2.24, 2.45) is 0 Å². The summed E-state index contributed by atoms with van der Waals surface area (Å²) in [6.07, 6.45) is 66.1. The monoisotopic (exact) mass is 1160 g/mol. The molecule has 0 aromatic heterocycles. The Kier molecular flexibility index (Phi) is 53.2. The summed E-state index contributed by atoms with van der Waals surface area (Å²) in [5, 5.41) is 31.6. The highest BCUT2D eigenvalue weighted by Crippen LogP contribution is 2.26. The van der Waals surface area contributed by atoms with Crippen LogP contribution in [0.25, 0.3) is 0 Å². The number of hydrogen-bond donors (Lipinski definition) is 3. The van der Waals surface area contributed by atoms with Crippen LogP contribution in [-0.4, -0.2) is 89.2 Å². The Morgan fingerprint density at radius 2 is 0.759 bits per heavy atom. The van der Waals surface area contributed by atoms with Crippen molar-refractivity contribution in [2.75, 3.05) is 13.2 Å². The third-order valence-corrected chi connectivity index (χ3v) is 14.3. The Morgan fingerprint density at radius 3 is 1.17 bits per heavy atom. The molecule has 0 bridgehead atoms. The zero-order chi connectivity index (χ0) is 60.3. The van der Waals surface area contributed by atoms with Crippen LogP contribution in [0.4, 0.5) is 0 Å². The average Bonchev–Trinajstić information content (AvgIpc) is 3.58. The second kappa shape index (κ2) is 57.8. The summed E-state index contributed by atoms with van der Waals surface area (Å²) in [6, 6.07) is 0. The Morgan fingerprint density at radius 1 is 0.410 bits per heavy atom. The van der Waals surface area contributed by atoms with Crippen LogP contribution in [0.5, 0.6) is 0 Å². The molecule has 6 atom stereocenters. The Balaban J connectivity index is 2.70. The minimum atomic E-state index is -1.92. The summed E-state index contributed by atoms with van der Waals surface area (Å²) < 4.78 is 28.5. The smallest absolute Gasteiger partial charge is 0.335 e. The number of esters is 3. The number of hydrogen-bond acceptors (Lipinski definition) is 11. The maximum absolute atomic E-state index is 13.2. The first kappa shape index (κ1) is 76.4. The molecule has 1 aliphatic rings. The molecular formula is C71H116O12. The lowest BCUT2D eigenvalue weighted by molar-refractivity contribution is -0.301. The molecule has 0 radical (unpaired) electrons. The van der Waals surface area contributed by atoms with Gasteiger partial charge in [-0.15, -0.1) is 0 Å². The largest absolute Gasteiger partial charge is 0.479 e. The minimum absolute atomic E-state index is 0.0361. The quantitative estimate of drug-likeness (QED) is 0.0228. The number of carboxylic acids is 1. The Hall–Kier alpha value is -4.62. The molecule has 1 fully saturated rings. The first-order valence-electron chi connectivity index (χ1n) is 32.9. The van der Waals surface area contributed by atoms with Crippen molar-refractivity contribution in [1.82, 2.24) is 0 Å². The van der Waals surface area contributed by atoms with E-state index in [4.69, 9.17) is 23.7 Å². The number of carboxylic acid groups (broad SMARTS) is 1. The summed E-state index contributed by atoms with van der Waals surface area (Å²) in [7, 11) is 0. The molecule has 1 aliphatic heterocycles. The molecule has 3 N–H and O–H groups in total. The fourth-order valence-corrected chi connectivity index (χ4v) is 9.28. The van der Waals surface area contributed by atoms with Crippen LogP contribution in [0, 0.1) is 0 Å². The number of aliphatic carboxylic acids is 1. The van der Waals surface area contributed by atoms with Crippen molar-refractivity contribution in [3.05, 3.63) is 109 Å². The van der Waals surface area contributed by atoms with Crippen LogP contribution in [0.2, 0.25) is 0 Å². The molecular weight excluding hydrogens is 1040 g/mol. The third-order valence-electron chi connectivity index (χ3n) is 14.3. The molecule has 6 unspecified atom stereocenters. The van der Waals surface area contributed by atoms with E-state index in [2.05, 4.69) is 130 Å². The number of aliphatic hydroxyl groups is 2. The van der Waals surface area contributed by atoms with Gasteiger partial charge in [0.05, 0.1) is 6.61 Å². The number of unbranched alkanes of at least 4 members (excludes halogenated alkanes) is 23. The maximum Gasteiger partial charge on any atom is 0.335 e. The van der Waals surface area contributed by atoms with Gasteiger partial charge in [0, 0.05) is 19.3 Å². The number of aliphatic hydroxyl groups excluding tert-OH is 2. The van der Waals surface area contributed by atoms with Crippen LogP contribution >= 0.6 is 0 Å². The molecule has 0 aromatic carbocycles. The van der Waals surface area contributed by atoms with E-state index >= 15 is 0 Å². The summed E-state index contributed by atoms with van der Waals surface area (Å²) in [6.45, 7) is 5.81. The maximum atomic E-state index is 13.2. The van der Waals surface area contributed by atoms with Crippen LogP contribution in [0.1, 0.15) is 265 Å². The van der Waals surface area contributed by atoms with Gasteiger partial charge in [-0.1, -0.05) is 226 Å². The predicted molar refractivity (Wildman–Crippen MR) is 340 cm³/mol. The highest BCUT2D eigenvalue weighted by Gasteiger charge is 2.50. The molecule has 1 saturated heterocycles. The number of carbonyl (C=O) groups is 4. The molecule has 0 amide bonds. The molecule has 0 spiro atoms. The topological polar surface area (TPSA) is 175 Å². The van der Waals surface area contributed by atoms with Gasteiger partial charge in [0.2, 0.25) is 0 Å². The van der Waals surface area contributed by atoms with E-state index < -0.39 is 67.3 Å². The first-order chi connectivity index (χ1) is 40.6. The molecule has 12 heteroatoms. The second-order valence-corrected chi connectivity index (χ2v) is 22.0. The highest BCUT2D eigenvalue weighted by molar-refractivity contribution is 5.74. The summed E-state index contributed by atoms with van der Waals surface area (Å²) >= 11 is 0. The van der Waals surface area contributed by atoms with Crippen LogP contribution in [0.3, 0.4) is 0 Å². The van der Waals surface area contributed by atoms with Crippen molar-refractivity contribution >= 4 is 23.9 Å². The van der Waals surface area contributed by atoms with E-state index in [1.807, 2.05) is 0 Å². The van der Waals surface area contributed by atoms with Gasteiger partial charge in [0.1, 0.15) is 18.8 Å². The fraction of sp³-hybridized carbons (Fsp3) is 0.690. The minimum Gasteiger partial charge on any atom is -0.479 e. The number of rotatable bonds is 55. The summed E-state index contributed by atoms with van der Waals surface area (Å²) in [4.78, 5) is 51.4. The van der Waals surface area contributed by atoms with Crippen LogP contribution in [-0.2, 0) is 42.9 Å². The molecule has 0 aliphatic carbocycles. The lowest BCUT2D eigenvalue weighted by Crippen LogP contribution is -2.61.